The van der Waals surface area contributed by atoms with Gasteiger partial charge in [-0.1, -0.05) is 29.8 Å². The van der Waals surface area contributed by atoms with Crippen LogP contribution in [0.15, 0.2) is 27.1 Å². The Bertz CT molecular complexity index is 645. The largest absolute Gasteiger partial charge is 0.372 e. The van der Waals surface area contributed by atoms with E-state index in [9.17, 15) is 4.39 Å². The van der Waals surface area contributed by atoms with Gasteiger partial charge >= 0.3 is 0 Å². The van der Waals surface area contributed by atoms with Gasteiger partial charge in [0.1, 0.15) is 11.6 Å². The van der Waals surface area contributed by atoms with E-state index >= 15 is 0 Å². The number of aromatic nitrogens is 2. The lowest BCUT2D eigenvalue weighted by Gasteiger charge is -2.14. The number of anilines is 1. The summed E-state index contributed by atoms with van der Waals surface area (Å²) in [4.78, 5) is 9.00. The molecule has 1 N–H and O–H groups in total. The lowest BCUT2D eigenvalue weighted by molar-refractivity contribution is 0.628. The number of nitrogens with one attached hydrogen (secondary N) is 1. The second kappa shape index (κ2) is 6.18. The van der Waals surface area contributed by atoms with Gasteiger partial charge in [0, 0.05) is 17.1 Å². The van der Waals surface area contributed by atoms with Crippen molar-refractivity contribution in [2.45, 2.75) is 19.8 Å². The minimum Gasteiger partial charge on any atom is -0.372 e. The fourth-order valence-electron chi connectivity index (χ4n) is 1.80. The van der Waals surface area contributed by atoms with Crippen molar-refractivity contribution < 1.29 is 4.39 Å². The molecular formula is C14H14Br2FN3. The third-order valence-electron chi connectivity index (χ3n) is 2.83. The van der Waals surface area contributed by atoms with E-state index in [0.29, 0.717) is 17.2 Å². The standard InChI is InChI=1S/C14H14Br2FN3/c1-7(2)12-11(16)14(18-3)20-13(19-12)9-6-8(17)4-5-10(9)15/h4-7H,1-3H3,(H,18,19,20). The number of benzene rings is 1. The van der Waals surface area contributed by atoms with Gasteiger partial charge in [-0.25, -0.2) is 14.4 Å². The minimum atomic E-state index is -0.313. The Morgan fingerprint density at radius 2 is 1.90 bits per heavy atom. The second-order valence-corrected chi connectivity index (χ2v) is 6.27. The highest BCUT2D eigenvalue weighted by Crippen LogP contribution is 2.33. The van der Waals surface area contributed by atoms with Crippen molar-refractivity contribution in [1.29, 1.82) is 0 Å². The molecule has 0 aliphatic rings. The first-order valence-corrected chi connectivity index (χ1v) is 7.73. The van der Waals surface area contributed by atoms with Gasteiger partial charge in [0.15, 0.2) is 5.82 Å². The predicted molar refractivity (Wildman–Crippen MR) is 86.5 cm³/mol. The van der Waals surface area contributed by atoms with Crippen LogP contribution in [0.1, 0.15) is 25.5 Å². The maximum atomic E-state index is 13.5. The van der Waals surface area contributed by atoms with Crippen LogP contribution in [-0.2, 0) is 0 Å². The first-order chi connectivity index (χ1) is 9.43. The summed E-state index contributed by atoms with van der Waals surface area (Å²) >= 11 is 6.92. The molecule has 20 heavy (non-hydrogen) atoms. The van der Waals surface area contributed by atoms with Gasteiger partial charge in [-0.05, 0) is 40.0 Å². The molecule has 0 amide bonds. The van der Waals surface area contributed by atoms with Crippen molar-refractivity contribution >= 4 is 37.7 Å². The van der Waals surface area contributed by atoms with E-state index in [-0.39, 0.29) is 11.7 Å². The molecule has 106 valence electrons. The van der Waals surface area contributed by atoms with Crippen LogP contribution < -0.4 is 5.32 Å². The fraction of sp³-hybridized carbons (Fsp3) is 0.286. The highest BCUT2D eigenvalue weighted by atomic mass is 79.9. The van der Waals surface area contributed by atoms with Crippen LogP contribution >= 0.6 is 31.9 Å². The van der Waals surface area contributed by atoms with E-state index in [4.69, 9.17) is 0 Å². The third kappa shape index (κ3) is 3.01. The summed E-state index contributed by atoms with van der Waals surface area (Å²) in [7, 11) is 1.79. The molecule has 1 aromatic heterocycles. The Morgan fingerprint density at radius 3 is 2.50 bits per heavy atom. The zero-order valence-electron chi connectivity index (χ0n) is 11.3. The number of halogens is 3. The van der Waals surface area contributed by atoms with Crippen LogP contribution in [0, 0.1) is 5.82 Å². The predicted octanol–water partition coefficient (Wildman–Crippen LogP) is 4.97. The maximum Gasteiger partial charge on any atom is 0.163 e. The van der Waals surface area contributed by atoms with Crippen molar-refractivity contribution in [1.82, 2.24) is 9.97 Å². The SMILES string of the molecule is CNc1nc(-c2cc(F)ccc2Br)nc(C(C)C)c1Br. The zero-order valence-corrected chi connectivity index (χ0v) is 14.5. The molecule has 2 aromatic rings. The molecule has 1 heterocycles. The quantitative estimate of drug-likeness (QED) is 0.787. The van der Waals surface area contributed by atoms with Gasteiger partial charge in [0.25, 0.3) is 0 Å². The molecule has 0 fully saturated rings. The number of rotatable bonds is 3. The second-order valence-electron chi connectivity index (χ2n) is 4.62. The third-order valence-corrected chi connectivity index (χ3v) is 4.30. The Hall–Kier alpha value is -1.01. The maximum absolute atomic E-state index is 13.5. The Morgan fingerprint density at radius 1 is 1.20 bits per heavy atom. The monoisotopic (exact) mass is 401 g/mol. The molecule has 0 spiro atoms. The van der Waals surface area contributed by atoms with Gasteiger partial charge in [0.05, 0.1) is 10.2 Å². The van der Waals surface area contributed by atoms with E-state index < -0.39 is 0 Å². The summed E-state index contributed by atoms with van der Waals surface area (Å²) in [6.45, 7) is 4.11. The van der Waals surface area contributed by atoms with E-state index in [0.717, 1.165) is 14.6 Å². The van der Waals surface area contributed by atoms with E-state index in [2.05, 4.69) is 61.0 Å². The highest BCUT2D eigenvalue weighted by molar-refractivity contribution is 9.11. The van der Waals surface area contributed by atoms with Gasteiger partial charge in [-0.15, -0.1) is 0 Å². The van der Waals surface area contributed by atoms with Crippen LogP contribution in [0.3, 0.4) is 0 Å². The van der Waals surface area contributed by atoms with Gasteiger partial charge in [-0.3, -0.25) is 0 Å². The molecule has 3 nitrogen and oxygen atoms in total. The summed E-state index contributed by atoms with van der Waals surface area (Å²) in [5.41, 5.74) is 1.52. The topological polar surface area (TPSA) is 37.8 Å². The van der Waals surface area contributed by atoms with Crippen molar-refractivity contribution in [3.05, 3.63) is 38.7 Å². The smallest absolute Gasteiger partial charge is 0.163 e. The van der Waals surface area contributed by atoms with Crippen LogP contribution in [0.5, 0.6) is 0 Å². The fourth-order valence-corrected chi connectivity index (χ4v) is 3.06. The Kier molecular flexibility index (Phi) is 4.75. The molecule has 0 aliphatic carbocycles. The molecule has 0 saturated heterocycles. The highest BCUT2D eigenvalue weighted by Gasteiger charge is 2.16. The Labute approximate surface area is 134 Å². The number of nitrogens with zero attached hydrogens (tertiary/aromatic N) is 2. The Balaban J connectivity index is 2.68. The molecule has 0 aliphatic heterocycles. The van der Waals surface area contributed by atoms with Gasteiger partial charge < -0.3 is 5.32 Å². The molecule has 0 bridgehead atoms. The van der Waals surface area contributed by atoms with Crippen LogP contribution in [0.4, 0.5) is 10.2 Å². The molecular weight excluding hydrogens is 389 g/mol. The van der Waals surface area contributed by atoms with Crippen molar-refractivity contribution in [2.75, 3.05) is 12.4 Å². The molecule has 1 aromatic carbocycles. The first-order valence-electron chi connectivity index (χ1n) is 6.14. The molecule has 2 rings (SSSR count). The first kappa shape index (κ1) is 15.4. The summed E-state index contributed by atoms with van der Waals surface area (Å²) in [6.07, 6.45) is 0. The average molecular weight is 403 g/mol. The van der Waals surface area contributed by atoms with Gasteiger partial charge in [0.2, 0.25) is 0 Å². The van der Waals surface area contributed by atoms with E-state index in [1.807, 2.05) is 0 Å². The summed E-state index contributed by atoms with van der Waals surface area (Å²) in [6, 6.07) is 4.48. The molecule has 0 atom stereocenters. The molecule has 6 heteroatoms. The van der Waals surface area contributed by atoms with Crippen LogP contribution in [0.2, 0.25) is 0 Å². The zero-order chi connectivity index (χ0) is 14.9. The molecule has 0 saturated carbocycles. The van der Waals surface area contributed by atoms with Crippen molar-refractivity contribution in [3.63, 3.8) is 0 Å². The van der Waals surface area contributed by atoms with Gasteiger partial charge in [-0.2, -0.15) is 0 Å². The average Bonchev–Trinajstić information content (AvgIpc) is 2.41. The molecule has 0 radical (unpaired) electrons. The number of hydrogen-bond acceptors (Lipinski definition) is 3. The van der Waals surface area contributed by atoms with E-state index in [1.165, 1.54) is 12.1 Å². The summed E-state index contributed by atoms with van der Waals surface area (Å²) in [5, 5.41) is 3.03. The normalized spacial score (nSPS) is 10.9. The lowest BCUT2D eigenvalue weighted by Crippen LogP contribution is -2.05. The van der Waals surface area contributed by atoms with Crippen molar-refractivity contribution in [2.24, 2.45) is 0 Å². The molecule has 0 unspecified atom stereocenters. The lowest BCUT2D eigenvalue weighted by atomic mass is 10.1. The van der Waals surface area contributed by atoms with Crippen LogP contribution in [-0.4, -0.2) is 17.0 Å². The minimum absolute atomic E-state index is 0.227. The summed E-state index contributed by atoms with van der Waals surface area (Å²) < 4.78 is 15.1. The van der Waals surface area contributed by atoms with E-state index in [1.54, 1.807) is 13.1 Å². The number of hydrogen-bond donors (Lipinski definition) is 1. The van der Waals surface area contributed by atoms with Crippen LogP contribution in [0.25, 0.3) is 11.4 Å². The van der Waals surface area contributed by atoms with Crippen molar-refractivity contribution in [3.8, 4) is 11.4 Å². The summed E-state index contributed by atoms with van der Waals surface area (Å²) in [5.74, 6) is 1.10.